The second kappa shape index (κ2) is 10.7. The summed E-state index contributed by atoms with van der Waals surface area (Å²) in [7, 11) is 0. The second-order valence-corrected chi connectivity index (χ2v) is 8.23. The highest BCUT2D eigenvalue weighted by molar-refractivity contribution is 7.11. The monoisotopic (exact) mass is 367 g/mol. The van der Waals surface area contributed by atoms with Gasteiger partial charge in [-0.15, -0.1) is 11.3 Å². The third kappa shape index (κ3) is 7.71. The maximum atomic E-state index is 5.88. The molecule has 1 aliphatic rings. The number of aromatic nitrogens is 1. The van der Waals surface area contributed by atoms with E-state index in [0.717, 1.165) is 51.7 Å². The molecule has 1 aromatic rings. The first kappa shape index (κ1) is 20.1. The van der Waals surface area contributed by atoms with Crippen LogP contribution in [0.25, 0.3) is 0 Å². The number of rotatable bonds is 8. The number of guanidine groups is 1. The zero-order valence-corrected chi connectivity index (χ0v) is 16.9. The molecule has 0 saturated carbocycles. The second-order valence-electron chi connectivity index (χ2n) is 6.91. The zero-order valence-electron chi connectivity index (χ0n) is 16.0. The van der Waals surface area contributed by atoms with E-state index in [9.17, 15) is 0 Å². The van der Waals surface area contributed by atoms with E-state index in [1.807, 2.05) is 6.20 Å². The van der Waals surface area contributed by atoms with Crippen LogP contribution in [0.3, 0.4) is 0 Å². The van der Waals surface area contributed by atoms with Crippen molar-refractivity contribution in [3.05, 3.63) is 16.1 Å². The third-order valence-electron chi connectivity index (χ3n) is 3.94. The molecule has 7 heteroatoms. The molecule has 1 unspecified atom stereocenters. The fourth-order valence-electron chi connectivity index (χ4n) is 2.91. The Labute approximate surface area is 156 Å². The van der Waals surface area contributed by atoms with Gasteiger partial charge in [0.15, 0.2) is 5.96 Å². The van der Waals surface area contributed by atoms with Crippen LogP contribution in [-0.2, 0) is 11.2 Å². The van der Waals surface area contributed by atoms with Gasteiger partial charge in [0.2, 0.25) is 0 Å². The number of thiazole rings is 1. The summed E-state index contributed by atoms with van der Waals surface area (Å²) in [6.45, 7) is 15.0. The number of nitrogens with one attached hydrogen (secondary N) is 2. The Morgan fingerprint density at radius 2 is 2.32 bits per heavy atom. The molecule has 0 bridgehead atoms. The van der Waals surface area contributed by atoms with Crippen molar-refractivity contribution >= 4 is 17.3 Å². The highest BCUT2D eigenvalue weighted by Gasteiger charge is 2.20. The molecule has 1 aliphatic heterocycles. The average Bonchev–Trinajstić information content (AvgIpc) is 2.98. The minimum atomic E-state index is 0.185. The molecular formula is C18H33N5OS. The van der Waals surface area contributed by atoms with Gasteiger partial charge in [0.1, 0.15) is 0 Å². The highest BCUT2D eigenvalue weighted by Crippen LogP contribution is 2.11. The van der Waals surface area contributed by atoms with Crippen molar-refractivity contribution < 1.29 is 4.74 Å². The fraction of sp³-hybridized carbons (Fsp3) is 0.778. The third-order valence-corrected chi connectivity index (χ3v) is 4.92. The first-order valence-electron chi connectivity index (χ1n) is 9.34. The van der Waals surface area contributed by atoms with Crippen LogP contribution >= 0.6 is 11.3 Å². The smallest absolute Gasteiger partial charge is 0.191 e. The molecule has 0 aromatic carbocycles. The van der Waals surface area contributed by atoms with Crippen molar-refractivity contribution in [2.24, 2.45) is 10.9 Å². The van der Waals surface area contributed by atoms with Crippen molar-refractivity contribution in [3.8, 4) is 0 Å². The summed E-state index contributed by atoms with van der Waals surface area (Å²) in [6.07, 6.45) is 3.04. The summed E-state index contributed by atoms with van der Waals surface area (Å²) in [6, 6.07) is 0. The molecule has 0 aliphatic carbocycles. The minimum Gasteiger partial charge on any atom is -0.374 e. The minimum absolute atomic E-state index is 0.185. The van der Waals surface area contributed by atoms with Crippen molar-refractivity contribution in [3.63, 3.8) is 0 Å². The van der Waals surface area contributed by atoms with E-state index in [1.54, 1.807) is 11.3 Å². The Hall–Kier alpha value is -1.18. The topological polar surface area (TPSA) is 61.8 Å². The van der Waals surface area contributed by atoms with Crippen LogP contribution in [0.15, 0.2) is 11.2 Å². The van der Waals surface area contributed by atoms with Crippen molar-refractivity contribution in [2.75, 3.05) is 45.9 Å². The van der Waals surface area contributed by atoms with E-state index in [2.05, 4.69) is 48.2 Å². The molecule has 6 nitrogen and oxygen atoms in total. The average molecular weight is 368 g/mol. The van der Waals surface area contributed by atoms with Gasteiger partial charge in [0.25, 0.3) is 0 Å². The van der Waals surface area contributed by atoms with Gasteiger partial charge in [-0.25, -0.2) is 4.98 Å². The molecule has 0 amide bonds. The Bertz CT molecular complexity index is 531. The Morgan fingerprint density at radius 1 is 1.48 bits per heavy atom. The van der Waals surface area contributed by atoms with Gasteiger partial charge in [-0.2, -0.15) is 0 Å². The van der Waals surface area contributed by atoms with E-state index < -0.39 is 0 Å². The quantitative estimate of drug-likeness (QED) is 0.543. The molecule has 0 radical (unpaired) electrons. The summed E-state index contributed by atoms with van der Waals surface area (Å²) in [5, 5.41) is 7.88. The molecular weight excluding hydrogens is 334 g/mol. The number of hydrogen-bond donors (Lipinski definition) is 2. The van der Waals surface area contributed by atoms with Crippen LogP contribution in [0.4, 0.5) is 0 Å². The summed E-state index contributed by atoms with van der Waals surface area (Å²) in [5.41, 5.74) is 0. The number of ether oxygens (including phenoxy) is 1. The van der Waals surface area contributed by atoms with Crippen LogP contribution in [-0.4, -0.2) is 67.8 Å². The summed E-state index contributed by atoms with van der Waals surface area (Å²) in [5.74, 6) is 1.55. The summed E-state index contributed by atoms with van der Waals surface area (Å²) < 4.78 is 5.88. The number of aliphatic imine (C=N–C) groups is 1. The van der Waals surface area contributed by atoms with E-state index >= 15 is 0 Å². The lowest BCUT2D eigenvalue weighted by Crippen LogP contribution is -2.46. The number of nitrogens with zero attached hydrogens (tertiary/aromatic N) is 3. The Balaban J connectivity index is 1.77. The van der Waals surface area contributed by atoms with E-state index in [4.69, 9.17) is 9.73 Å². The maximum Gasteiger partial charge on any atom is 0.191 e. The zero-order chi connectivity index (χ0) is 18.1. The lowest BCUT2D eigenvalue weighted by atomic mass is 10.2. The van der Waals surface area contributed by atoms with Crippen LogP contribution < -0.4 is 10.6 Å². The van der Waals surface area contributed by atoms with Gasteiger partial charge in [-0.3, -0.25) is 9.89 Å². The highest BCUT2D eigenvalue weighted by atomic mass is 32.1. The normalized spacial score (nSPS) is 19.4. The van der Waals surface area contributed by atoms with Crippen molar-refractivity contribution in [2.45, 2.75) is 40.2 Å². The van der Waals surface area contributed by atoms with Gasteiger partial charge < -0.3 is 15.4 Å². The summed E-state index contributed by atoms with van der Waals surface area (Å²) in [4.78, 5) is 12.9. The molecule has 0 spiro atoms. The molecule has 2 N–H and O–H groups in total. The molecule has 2 rings (SSSR count). The van der Waals surface area contributed by atoms with E-state index in [1.165, 1.54) is 9.88 Å². The number of aryl methyl sites for hydroxylation is 1. The number of morpholine rings is 1. The van der Waals surface area contributed by atoms with Crippen LogP contribution in [0.5, 0.6) is 0 Å². The fourth-order valence-corrected chi connectivity index (χ4v) is 3.70. The van der Waals surface area contributed by atoms with Gasteiger partial charge in [-0.05, 0) is 19.8 Å². The molecule has 1 saturated heterocycles. The van der Waals surface area contributed by atoms with E-state index in [0.29, 0.717) is 12.5 Å². The number of hydrogen-bond acceptors (Lipinski definition) is 5. The van der Waals surface area contributed by atoms with Gasteiger partial charge in [0.05, 0.1) is 24.3 Å². The molecule has 1 atom stereocenters. The lowest BCUT2D eigenvalue weighted by Gasteiger charge is -2.33. The van der Waals surface area contributed by atoms with Crippen LogP contribution in [0.1, 0.15) is 30.7 Å². The molecule has 1 aromatic heterocycles. The Kier molecular flexibility index (Phi) is 8.64. The first-order chi connectivity index (χ1) is 12.1. The Morgan fingerprint density at radius 3 is 3.00 bits per heavy atom. The lowest BCUT2D eigenvalue weighted by molar-refractivity contribution is -0.0261. The largest absolute Gasteiger partial charge is 0.374 e. The molecule has 142 valence electrons. The molecule has 2 heterocycles. The SMILES string of the molecule is CCNC(=NCC1CN(CC(C)C)CCO1)NCCc1ncc(C)s1. The molecule has 1 fully saturated rings. The predicted octanol–water partition coefficient (Wildman–Crippen LogP) is 1.91. The van der Waals surface area contributed by atoms with Crippen LogP contribution in [0.2, 0.25) is 0 Å². The van der Waals surface area contributed by atoms with Crippen LogP contribution in [0, 0.1) is 12.8 Å². The van der Waals surface area contributed by atoms with Crippen molar-refractivity contribution in [1.29, 1.82) is 0 Å². The predicted molar refractivity (Wildman–Crippen MR) is 106 cm³/mol. The standard InChI is InChI=1S/C18H33N5OS/c1-5-19-18(20-7-6-17-21-10-15(4)25-17)22-11-16-13-23(8-9-24-16)12-14(2)3/h10,14,16H,5-9,11-13H2,1-4H3,(H2,19,20,22). The summed E-state index contributed by atoms with van der Waals surface area (Å²) >= 11 is 1.76. The maximum absolute atomic E-state index is 5.88. The molecule has 25 heavy (non-hydrogen) atoms. The van der Waals surface area contributed by atoms with Gasteiger partial charge >= 0.3 is 0 Å². The van der Waals surface area contributed by atoms with Gasteiger partial charge in [0, 0.05) is 50.2 Å². The first-order valence-corrected chi connectivity index (χ1v) is 10.2. The van der Waals surface area contributed by atoms with Gasteiger partial charge in [-0.1, -0.05) is 13.8 Å². The van der Waals surface area contributed by atoms with E-state index in [-0.39, 0.29) is 6.10 Å². The van der Waals surface area contributed by atoms with Crippen molar-refractivity contribution in [1.82, 2.24) is 20.5 Å².